The number of carbonyl (C=O) groups is 1. The Morgan fingerprint density at radius 1 is 1.25 bits per heavy atom. The zero-order chi connectivity index (χ0) is 14.1. The number of halogens is 1. The number of carboxylic acid groups (broad SMARTS) is 1. The molecule has 0 fully saturated rings. The normalized spacial score (nSPS) is 10.7. The Balaban J connectivity index is 2.12. The molecular formula is C14H9BrN2O2S. The van der Waals surface area contributed by atoms with Gasteiger partial charge < -0.3 is 5.11 Å². The molecule has 0 atom stereocenters. The molecular weight excluding hydrogens is 340 g/mol. The highest BCUT2D eigenvalue weighted by atomic mass is 79.9. The number of rotatable bonds is 3. The summed E-state index contributed by atoms with van der Waals surface area (Å²) in [6.07, 6.45) is 1.54. The summed E-state index contributed by atoms with van der Waals surface area (Å²) in [5.41, 5.74) is 1.52. The van der Waals surface area contributed by atoms with Crippen LogP contribution < -0.4 is 0 Å². The maximum atomic E-state index is 11.4. The van der Waals surface area contributed by atoms with Gasteiger partial charge in [0, 0.05) is 10.7 Å². The zero-order valence-corrected chi connectivity index (χ0v) is 12.6. The summed E-state index contributed by atoms with van der Waals surface area (Å²) >= 11 is 4.84. The second kappa shape index (κ2) is 5.22. The summed E-state index contributed by atoms with van der Waals surface area (Å²) in [4.78, 5) is 12.2. The number of aromatic nitrogens is 2. The molecule has 0 aliphatic rings. The molecule has 100 valence electrons. The Kier molecular flexibility index (Phi) is 3.42. The molecule has 2 heterocycles. The molecule has 0 unspecified atom stereocenters. The predicted molar refractivity (Wildman–Crippen MR) is 81.5 cm³/mol. The molecule has 0 radical (unpaired) electrons. The van der Waals surface area contributed by atoms with E-state index in [1.807, 2.05) is 41.8 Å². The van der Waals surface area contributed by atoms with Gasteiger partial charge in [-0.1, -0.05) is 22.0 Å². The molecule has 1 aromatic carbocycles. The first-order chi connectivity index (χ1) is 9.65. The smallest absolute Gasteiger partial charge is 0.339 e. The van der Waals surface area contributed by atoms with Crippen LogP contribution in [0.1, 0.15) is 10.4 Å². The van der Waals surface area contributed by atoms with E-state index < -0.39 is 5.97 Å². The molecule has 0 bridgehead atoms. The third-order valence-electron chi connectivity index (χ3n) is 2.79. The van der Waals surface area contributed by atoms with E-state index in [1.54, 1.807) is 10.9 Å². The van der Waals surface area contributed by atoms with Gasteiger partial charge in [0.25, 0.3) is 0 Å². The van der Waals surface area contributed by atoms with Crippen molar-refractivity contribution in [3.05, 3.63) is 58.0 Å². The van der Waals surface area contributed by atoms with Crippen molar-refractivity contribution in [1.29, 1.82) is 0 Å². The number of nitrogens with zero attached hydrogens (tertiary/aromatic N) is 2. The summed E-state index contributed by atoms with van der Waals surface area (Å²) < 4.78 is 2.55. The molecule has 2 aromatic heterocycles. The number of benzene rings is 1. The zero-order valence-electron chi connectivity index (χ0n) is 10.2. The molecule has 3 rings (SSSR count). The van der Waals surface area contributed by atoms with E-state index in [1.165, 1.54) is 11.3 Å². The van der Waals surface area contributed by atoms with Crippen LogP contribution in [-0.2, 0) is 0 Å². The molecule has 0 aliphatic heterocycles. The molecule has 3 aromatic rings. The average Bonchev–Trinajstić information content (AvgIpc) is 3.08. The fraction of sp³-hybridized carbons (Fsp3) is 0. The van der Waals surface area contributed by atoms with E-state index in [2.05, 4.69) is 21.0 Å². The molecule has 0 aliphatic carbocycles. The van der Waals surface area contributed by atoms with Gasteiger partial charge in [-0.2, -0.15) is 5.10 Å². The minimum atomic E-state index is -0.975. The minimum Gasteiger partial charge on any atom is -0.478 e. The van der Waals surface area contributed by atoms with Gasteiger partial charge in [-0.05, 0) is 35.7 Å². The van der Waals surface area contributed by atoms with Crippen LogP contribution in [0.15, 0.2) is 52.4 Å². The van der Waals surface area contributed by atoms with Crippen LogP contribution >= 0.6 is 27.3 Å². The minimum absolute atomic E-state index is 0.204. The van der Waals surface area contributed by atoms with E-state index in [0.717, 1.165) is 15.0 Å². The van der Waals surface area contributed by atoms with Crippen LogP contribution in [0, 0.1) is 0 Å². The highest BCUT2D eigenvalue weighted by Crippen LogP contribution is 2.27. The van der Waals surface area contributed by atoms with Crippen LogP contribution in [0.2, 0.25) is 0 Å². The summed E-state index contributed by atoms with van der Waals surface area (Å²) in [7, 11) is 0. The molecule has 4 nitrogen and oxygen atoms in total. The Morgan fingerprint density at radius 2 is 2.00 bits per heavy atom. The predicted octanol–water partition coefficient (Wildman–Crippen LogP) is 4.06. The van der Waals surface area contributed by atoms with Gasteiger partial charge in [-0.3, -0.25) is 0 Å². The number of thiophene rings is 1. The van der Waals surface area contributed by atoms with Gasteiger partial charge in [-0.25, -0.2) is 9.48 Å². The van der Waals surface area contributed by atoms with Crippen LogP contribution in [0.25, 0.3) is 16.3 Å². The number of hydrogen-bond donors (Lipinski definition) is 1. The third-order valence-corrected chi connectivity index (χ3v) is 4.20. The van der Waals surface area contributed by atoms with Crippen molar-refractivity contribution in [1.82, 2.24) is 9.78 Å². The second-order valence-electron chi connectivity index (χ2n) is 4.09. The van der Waals surface area contributed by atoms with Crippen molar-refractivity contribution in [2.24, 2.45) is 0 Å². The topological polar surface area (TPSA) is 55.1 Å². The lowest BCUT2D eigenvalue weighted by Crippen LogP contribution is -1.96. The highest BCUT2D eigenvalue weighted by Gasteiger charge is 2.18. The molecule has 6 heteroatoms. The van der Waals surface area contributed by atoms with Crippen LogP contribution in [0.3, 0.4) is 0 Å². The van der Waals surface area contributed by atoms with Crippen LogP contribution in [0.4, 0.5) is 0 Å². The van der Waals surface area contributed by atoms with E-state index in [0.29, 0.717) is 5.69 Å². The van der Waals surface area contributed by atoms with Gasteiger partial charge in [0.15, 0.2) is 0 Å². The van der Waals surface area contributed by atoms with Crippen molar-refractivity contribution >= 4 is 33.2 Å². The molecule has 0 amide bonds. The molecule has 0 spiro atoms. The second-order valence-corrected chi connectivity index (χ2v) is 5.96. The van der Waals surface area contributed by atoms with Crippen LogP contribution in [0.5, 0.6) is 0 Å². The average molecular weight is 349 g/mol. The van der Waals surface area contributed by atoms with Crippen molar-refractivity contribution in [3.8, 4) is 16.3 Å². The first kappa shape index (κ1) is 13.1. The first-order valence-electron chi connectivity index (χ1n) is 5.78. The van der Waals surface area contributed by atoms with E-state index in [9.17, 15) is 9.90 Å². The summed E-state index contributed by atoms with van der Waals surface area (Å²) in [6.45, 7) is 0. The molecule has 1 N–H and O–H groups in total. The van der Waals surface area contributed by atoms with Gasteiger partial charge in [0.2, 0.25) is 0 Å². The fourth-order valence-corrected chi connectivity index (χ4v) is 2.84. The fourth-order valence-electron chi connectivity index (χ4n) is 1.85. The Hall–Kier alpha value is -1.92. The SMILES string of the molecule is O=C(O)c1cn(-c2ccc(Br)cc2)nc1-c1cccs1. The third kappa shape index (κ3) is 2.39. The van der Waals surface area contributed by atoms with Crippen molar-refractivity contribution < 1.29 is 9.90 Å². The monoisotopic (exact) mass is 348 g/mol. The summed E-state index contributed by atoms with van der Waals surface area (Å²) in [6, 6.07) is 11.3. The highest BCUT2D eigenvalue weighted by molar-refractivity contribution is 9.10. The quantitative estimate of drug-likeness (QED) is 0.776. The Labute approximate surface area is 127 Å². The molecule has 20 heavy (non-hydrogen) atoms. The van der Waals surface area contributed by atoms with Gasteiger partial charge >= 0.3 is 5.97 Å². The van der Waals surface area contributed by atoms with Crippen molar-refractivity contribution in [2.45, 2.75) is 0 Å². The number of carboxylic acids is 1. The van der Waals surface area contributed by atoms with E-state index in [4.69, 9.17) is 0 Å². The lowest BCUT2D eigenvalue weighted by atomic mass is 10.2. The van der Waals surface area contributed by atoms with Crippen molar-refractivity contribution in [3.63, 3.8) is 0 Å². The van der Waals surface area contributed by atoms with Crippen molar-refractivity contribution in [2.75, 3.05) is 0 Å². The number of hydrogen-bond acceptors (Lipinski definition) is 3. The van der Waals surface area contributed by atoms with E-state index >= 15 is 0 Å². The van der Waals surface area contributed by atoms with Crippen LogP contribution in [-0.4, -0.2) is 20.9 Å². The van der Waals surface area contributed by atoms with E-state index in [-0.39, 0.29) is 5.56 Å². The maximum Gasteiger partial charge on any atom is 0.339 e. The van der Waals surface area contributed by atoms with Gasteiger partial charge in [0.1, 0.15) is 11.3 Å². The summed E-state index contributed by atoms with van der Waals surface area (Å²) in [5, 5.41) is 15.6. The number of aromatic carboxylic acids is 1. The Bertz CT molecular complexity index is 748. The Morgan fingerprint density at radius 3 is 2.60 bits per heavy atom. The first-order valence-corrected chi connectivity index (χ1v) is 7.45. The standard InChI is InChI=1S/C14H9BrN2O2S/c15-9-3-5-10(6-4-9)17-8-11(14(18)19)13(16-17)12-2-1-7-20-12/h1-8H,(H,18,19). The molecule has 0 saturated heterocycles. The lowest BCUT2D eigenvalue weighted by molar-refractivity contribution is 0.0697. The van der Waals surface area contributed by atoms with Gasteiger partial charge in [0.05, 0.1) is 10.6 Å². The maximum absolute atomic E-state index is 11.4. The largest absolute Gasteiger partial charge is 0.478 e. The lowest BCUT2D eigenvalue weighted by Gasteiger charge is -2.00. The van der Waals surface area contributed by atoms with Gasteiger partial charge in [-0.15, -0.1) is 11.3 Å². The summed E-state index contributed by atoms with van der Waals surface area (Å²) in [5.74, 6) is -0.975. The molecule has 0 saturated carbocycles.